The average molecular weight is 343 g/mol. The number of hydrogen-bond donors (Lipinski definition) is 2. The molecule has 0 aromatic heterocycles. The van der Waals surface area contributed by atoms with Gasteiger partial charge in [-0.1, -0.05) is 13.0 Å². The highest BCUT2D eigenvalue weighted by molar-refractivity contribution is 9.10. The molecule has 0 heterocycles. The van der Waals surface area contributed by atoms with E-state index in [4.69, 9.17) is 10.5 Å². The Morgan fingerprint density at radius 1 is 1.45 bits per heavy atom. The van der Waals surface area contributed by atoms with Gasteiger partial charge in [0.25, 0.3) is 0 Å². The first-order valence-electron chi connectivity index (χ1n) is 6.72. The molecular formula is C15H23BrN2O2. The van der Waals surface area contributed by atoms with E-state index in [0.29, 0.717) is 18.2 Å². The van der Waals surface area contributed by atoms with E-state index >= 15 is 0 Å². The number of rotatable bonds is 4. The van der Waals surface area contributed by atoms with Crippen LogP contribution in [0.3, 0.4) is 0 Å². The van der Waals surface area contributed by atoms with Gasteiger partial charge < -0.3 is 10.5 Å². The molecule has 0 spiro atoms. The maximum atomic E-state index is 11.8. The molecule has 0 saturated carbocycles. The zero-order valence-electron chi connectivity index (χ0n) is 12.5. The predicted molar refractivity (Wildman–Crippen MR) is 86.1 cm³/mol. The molecule has 1 amide bonds. The quantitative estimate of drug-likeness (QED) is 0.859. The van der Waals surface area contributed by atoms with Crippen LogP contribution in [0.15, 0.2) is 22.7 Å². The number of nitrogens with two attached hydrogens (primary N) is 1. The van der Waals surface area contributed by atoms with E-state index in [1.54, 1.807) is 0 Å². The molecule has 4 nitrogen and oxygen atoms in total. The molecule has 0 bridgehead atoms. The van der Waals surface area contributed by atoms with Crippen LogP contribution in [0.4, 0.5) is 10.5 Å². The fourth-order valence-corrected chi connectivity index (χ4v) is 2.12. The van der Waals surface area contributed by atoms with Gasteiger partial charge in [-0.3, -0.25) is 5.32 Å². The van der Waals surface area contributed by atoms with E-state index in [2.05, 4.69) is 28.2 Å². The zero-order valence-corrected chi connectivity index (χ0v) is 14.1. The molecule has 0 aliphatic heterocycles. The Morgan fingerprint density at radius 2 is 2.10 bits per heavy atom. The summed E-state index contributed by atoms with van der Waals surface area (Å²) in [7, 11) is 0. The summed E-state index contributed by atoms with van der Waals surface area (Å²) in [5.41, 5.74) is 6.93. The van der Waals surface area contributed by atoms with Crippen molar-refractivity contribution in [3.63, 3.8) is 0 Å². The minimum atomic E-state index is -0.513. The topological polar surface area (TPSA) is 64.3 Å². The molecule has 0 radical (unpaired) electrons. The highest BCUT2D eigenvalue weighted by atomic mass is 79.9. The Kier molecular flexibility index (Phi) is 6.02. The monoisotopic (exact) mass is 342 g/mol. The Balaban J connectivity index is 2.84. The number of carbonyl (C=O) groups is 1. The Labute approximate surface area is 129 Å². The van der Waals surface area contributed by atoms with Gasteiger partial charge in [0.15, 0.2) is 0 Å². The van der Waals surface area contributed by atoms with Crippen LogP contribution in [-0.2, 0) is 4.74 Å². The highest BCUT2D eigenvalue weighted by Gasteiger charge is 2.17. The van der Waals surface area contributed by atoms with Gasteiger partial charge in [-0.05, 0) is 73.3 Å². The first kappa shape index (κ1) is 17.0. The predicted octanol–water partition coefficient (Wildman–Crippen LogP) is 4.25. The maximum Gasteiger partial charge on any atom is 0.412 e. The Morgan fingerprint density at radius 3 is 2.65 bits per heavy atom. The lowest BCUT2D eigenvalue weighted by Crippen LogP contribution is -2.27. The zero-order chi connectivity index (χ0) is 15.3. The summed E-state index contributed by atoms with van der Waals surface area (Å²) in [4.78, 5) is 11.8. The molecule has 112 valence electrons. The van der Waals surface area contributed by atoms with E-state index in [9.17, 15) is 4.79 Å². The van der Waals surface area contributed by atoms with Crippen LogP contribution in [0.25, 0.3) is 0 Å². The van der Waals surface area contributed by atoms with Crippen molar-refractivity contribution in [2.24, 2.45) is 5.73 Å². The fourth-order valence-electron chi connectivity index (χ4n) is 1.78. The molecule has 0 aliphatic carbocycles. The minimum absolute atomic E-state index is 0.354. The third-order valence-electron chi connectivity index (χ3n) is 2.79. The molecule has 1 rings (SSSR count). The number of benzene rings is 1. The third kappa shape index (κ3) is 5.51. The molecule has 20 heavy (non-hydrogen) atoms. The highest BCUT2D eigenvalue weighted by Crippen LogP contribution is 2.28. The van der Waals surface area contributed by atoms with Crippen LogP contribution in [-0.4, -0.2) is 18.2 Å². The summed E-state index contributed by atoms with van der Waals surface area (Å²) in [5.74, 6) is 0.354. The summed E-state index contributed by atoms with van der Waals surface area (Å²) in [6.07, 6.45) is 0.454. The second kappa shape index (κ2) is 7.09. The molecule has 1 aromatic rings. The van der Waals surface area contributed by atoms with Crippen molar-refractivity contribution < 1.29 is 9.53 Å². The number of anilines is 1. The van der Waals surface area contributed by atoms with Gasteiger partial charge >= 0.3 is 6.09 Å². The second-order valence-corrected chi connectivity index (χ2v) is 6.70. The number of halogens is 1. The molecular weight excluding hydrogens is 320 g/mol. The van der Waals surface area contributed by atoms with Crippen molar-refractivity contribution in [3.05, 3.63) is 28.2 Å². The van der Waals surface area contributed by atoms with Crippen LogP contribution < -0.4 is 11.1 Å². The van der Waals surface area contributed by atoms with Crippen molar-refractivity contribution in [3.8, 4) is 0 Å². The normalized spacial score (nSPS) is 12.9. The van der Waals surface area contributed by atoms with Gasteiger partial charge in [-0.15, -0.1) is 0 Å². The minimum Gasteiger partial charge on any atom is -0.444 e. The van der Waals surface area contributed by atoms with Gasteiger partial charge in [-0.2, -0.15) is 0 Å². The number of carbonyl (C=O) groups excluding carboxylic acids is 1. The largest absolute Gasteiger partial charge is 0.444 e. The van der Waals surface area contributed by atoms with Gasteiger partial charge in [0.2, 0.25) is 0 Å². The molecule has 3 N–H and O–H groups in total. The molecule has 0 fully saturated rings. The Hall–Kier alpha value is -1.07. The first-order valence-corrected chi connectivity index (χ1v) is 7.51. The van der Waals surface area contributed by atoms with E-state index in [1.165, 1.54) is 0 Å². The number of nitrogens with one attached hydrogen (secondary N) is 1. The van der Waals surface area contributed by atoms with Crippen molar-refractivity contribution >= 4 is 27.7 Å². The van der Waals surface area contributed by atoms with Crippen molar-refractivity contribution in [2.45, 2.75) is 45.6 Å². The SMILES string of the molecule is CC(CCN)c1ccc(Br)c(NC(=O)OC(C)(C)C)c1. The lowest BCUT2D eigenvalue weighted by atomic mass is 9.97. The van der Waals surface area contributed by atoms with Crippen LogP contribution in [0.5, 0.6) is 0 Å². The summed E-state index contributed by atoms with van der Waals surface area (Å²) >= 11 is 3.43. The summed E-state index contributed by atoms with van der Waals surface area (Å²) in [6.45, 7) is 8.27. The third-order valence-corrected chi connectivity index (χ3v) is 3.49. The van der Waals surface area contributed by atoms with Crippen LogP contribution >= 0.6 is 15.9 Å². The fraction of sp³-hybridized carbons (Fsp3) is 0.533. The maximum absolute atomic E-state index is 11.8. The average Bonchev–Trinajstić information content (AvgIpc) is 2.29. The molecule has 5 heteroatoms. The summed E-state index contributed by atoms with van der Waals surface area (Å²) < 4.78 is 6.08. The molecule has 1 aromatic carbocycles. The van der Waals surface area contributed by atoms with E-state index < -0.39 is 11.7 Å². The van der Waals surface area contributed by atoms with E-state index in [1.807, 2.05) is 39.0 Å². The molecule has 1 atom stereocenters. The standard InChI is InChI=1S/C15H23BrN2O2/c1-10(7-8-17)11-5-6-12(16)13(9-11)18-14(19)20-15(2,3)4/h5-6,9-10H,7-8,17H2,1-4H3,(H,18,19). The van der Waals surface area contributed by atoms with E-state index in [-0.39, 0.29) is 0 Å². The molecule has 1 unspecified atom stereocenters. The van der Waals surface area contributed by atoms with Gasteiger partial charge in [0, 0.05) is 4.47 Å². The second-order valence-electron chi connectivity index (χ2n) is 5.84. The summed E-state index contributed by atoms with van der Waals surface area (Å²) in [5, 5.41) is 2.76. The number of hydrogen-bond acceptors (Lipinski definition) is 3. The smallest absolute Gasteiger partial charge is 0.412 e. The van der Waals surface area contributed by atoms with E-state index in [0.717, 1.165) is 16.5 Å². The lowest BCUT2D eigenvalue weighted by Gasteiger charge is -2.20. The molecule has 0 aliphatic rings. The van der Waals surface area contributed by atoms with Crippen LogP contribution in [0, 0.1) is 0 Å². The van der Waals surface area contributed by atoms with Gasteiger partial charge in [-0.25, -0.2) is 4.79 Å². The van der Waals surface area contributed by atoms with Crippen LogP contribution in [0.2, 0.25) is 0 Å². The number of amides is 1. The Bertz CT molecular complexity index is 469. The first-order chi connectivity index (χ1) is 9.23. The van der Waals surface area contributed by atoms with Gasteiger partial charge in [0.1, 0.15) is 5.60 Å². The van der Waals surface area contributed by atoms with Crippen molar-refractivity contribution in [1.29, 1.82) is 0 Å². The van der Waals surface area contributed by atoms with Crippen molar-refractivity contribution in [2.75, 3.05) is 11.9 Å². The van der Waals surface area contributed by atoms with Crippen molar-refractivity contribution in [1.82, 2.24) is 0 Å². The van der Waals surface area contributed by atoms with Crippen LogP contribution in [0.1, 0.15) is 45.6 Å². The molecule has 0 saturated heterocycles. The summed E-state index contributed by atoms with van der Waals surface area (Å²) in [6, 6.07) is 5.91. The lowest BCUT2D eigenvalue weighted by molar-refractivity contribution is 0.0636. The number of ether oxygens (including phenoxy) is 1. The van der Waals surface area contributed by atoms with Gasteiger partial charge in [0.05, 0.1) is 5.69 Å².